The maximum atomic E-state index is 13.3. The van der Waals surface area contributed by atoms with Crippen LogP contribution in [-0.4, -0.2) is 70.5 Å². The number of aliphatic hydroxyl groups is 4. The molecule has 32 heavy (non-hydrogen) atoms. The summed E-state index contributed by atoms with van der Waals surface area (Å²) in [4.78, 5) is 47.9. The van der Waals surface area contributed by atoms with Crippen LogP contribution in [0.3, 0.4) is 0 Å². The second-order valence-electron chi connectivity index (χ2n) is 8.35. The highest BCUT2D eigenvalue weighted by molar-refractivity contribution is 6.20. The van der Waals surface area contributed by atoms with Gasteiger partial charge in [0.15, 0.2) is 11.6 Å². The van der Waals surface area contributed by atoms with E-state index < -0.39 is 88.3 Å². The molecule has 3 aliphatic carbocycles. The minimum absolute atomic E-state index is 0.0622. The molecule has 0 heterocycles. The smallest absolute Gasteiger partial charge is 0.342 e. The topological polar surface area (TPSA) is 210 Å². The van der Waals surface area contributed by atoms with Gasteiger partial charge in [-0.25, -0.2) is 4.79 Å². The van der Waals surface area contributed by atoms with Crippen molar-refractivity contribution in [2.45, 2.75) is 36.9 Å². The predicted molar refractivity (Wildman–Crippen MR) is 103 cm³/mol. The van der Waals surface area contributed by atoms with E-state index in [-0.39, 0.29) is 23.1 Å². The minimum Gasteiger partial charge on any atom is -0.510 e. The highest BCUT2D eigenvalue weighted by atomic mass is 16.4. The fourth-order valence-corrected chi connectivity index (χ4v) is 5.06. The van der Waals surface area contributed by atoms with E-state index in [4.69, 9.17) is 5.11 Å². The summed E-state index contributed by atoms with van der Waals surface area (Å²) in [5, 5.41) is 72.2. The van der Waals surface area contributed by atoms with Gasteiger partial charge in [-0.15, -0.1) is 0 Å². The number of phenols is 1. The van der Waals surface area contributed by atoms with E-state index in [0.717, 1.165) is 0 Å². The molecule has 0 spiro atoms. The second-order valence-corrected chi connectivity index (χ2v) is 8.35. The number of rotatable bonds is 3. The fraction of sp³-hybridized carbons (Fsp3) is 0.333. The number of ketones is 2. The number of aliphatic hydroxyl groups excluding tert-OH is 2. The third kappa shape index (κ3) is 2.82. The van der Waals surface area contributed by atoms with E-state index in [1.165, 1.54) is 12.1 Å². The van der Waals surface area contributed by atoms with Gasteiger partial charge in [0.25, 0.3) is 0 Å². The predicted octanol–water partition coefficient (Wildman–Crippen LogP) is -0.235. The summed E-state index contributed by atoms with van der Waals surface area (Å²) in [6, 6.07) is 2.63. The molecular formula is C21H18O11. The van der Waals surface area contributed by atoms with E-state index in [9.17, 15) is 49.8 Å². The van der Waals surface area contributed by atoms with E-state index in [2.05, 4.69) is 0 Å². The van der Waals surface area contributed by atoms with Crippen molar-refractivity contribution in [3.05, 3.63) is 45.7 Å². The van der Waals surface area contributed by atoms with Crippen LogP contribution >= 0.6 is 0 Å². The number of carboxylic acids is 2. The number of aliphatic carboxylic acids is 2. The third-order valence-corrected chi connectivity index (χ3v) is 6.24. The van der Waals surface area contributed by atoms with Crippen LogP contribution in [0.2, 0.25) is 0 Å². The Hall–Kier alpha value is -3.70. The minimum atomic E-state index is -2.31. The summed E-state index contributed by atoms with van der Waals surface area (Å²) in [5.41, 5.74) is -6.43. The van der Waals surface area contributed by atoms with Crippen LogP contribution in [0.1, 0.15) is 29.5 Å². The van der Waals surface area contributed by atoms with Gasteiger partial charge in [-0.3, -0.25) is 14.4 Å². The van der Waals surface area contributed by atoms with Crippen LogP contribution in [-0.2, 0) is 32.0 Å². The van der Waals surface area contributed by atoms with Crippen LogP contribution in [0.25, 0.3) is 5.76 Å². The molecule has 3 unspecified atom stereocenters. The van der Waals surface area contributed by atoms with Crippen LogP contribution in [0, 0.1) is 5.92 Å². The van der Waals surface area contributed by atoms with Crippen molar-refractivity contribution >= 4 is 29.3 Å². The van der Waals surface area contributed by atoms with Crippen molar-refractivity contribution in [3.63, 3.8) is 0 Å². The van der Waals surface area contributed by atoms with Gasteiger partial charge in [0.1, 0.15) is 34.4 Å². The Kier molecular flexibility index (Phi) is 4.47. The molecule has 0 aliphatic heterocycles. The van der Waals surface area contributed by atoms with Gasteiger partial charge < -0.3 is 35.7 Å². The molecule has 0 amide bonds. The summed E-state index contributed by atoms with van der Waals surface area (Å²) in [6.07, 6.45) is -2.50. The molecule has 0 saturated heterocycles. The molecule has 3 aliphatic rings. The summed E-state index contributed by atoms with van der Waals surface area (Å²) < 4.78 is 0. The lowest BCUT2D eigenvalue weighted by molar-refractivity contribution is -0.155. The van der Waals surface area contributed by atoms with Crippen molar-refractivity contribution in [1.82, 2.24) is 0 Å². The maximum Gasteiger partial charge on any atom is 0.342 e. The zero-order valence-corrected chi connectivity index (χ0v) is 16.3. The average molecular weight is 446 g/mol. The first kappa shape index (κ1) is 21.5. The number of hydrogen-bond donors (Lipinski definition) is 7. The largest absolute Gasteiger partial charge is 0.510 e. The molecule has 168 valence electrons. The molecule has 7 N–H and O–H groups in total. The van der Waals surface area contributed by atoms with Crippen LogP contribution < -0.4 is 0 Å². The first-order valence-corrected chi connectivity index (χ1v) is 9.49. The number of benzene rings is 1. The van der Waals surface area contributed by atoms with Crippen LogP contribution in [0.15, 0.2) is 29.0 Å². The Morgan fingerprint density at radius 1 is 1.03 bits per heavy atom. The summed E-state index contributed by atoms with van der Waals surface area (Å²) in [5.74, 6) is -10.0. The monoisotopic (exact) mass is 446 g/mol. The van der Waals surface area contributed by atoms with Gasteiger partial charge in [0, 0.05) is 24.8 Å². The molecule has 11 nitrogen and oxygen atoms in total. The Morgan fingerprint density at radius 2 is 1.69 bits per heavy atom. The number of fused-ring (bicyclic) bond motifs is 3. The lowest BCUT2D eigenvalue weighted by Gasteiger charge is -2.50. The normalized spacial score (nSPS) is 29.4. The van der Waals surface area contributed by atoms with Gasteiger partial charge in [-0.1, -0.05) is 12.1 Å². The number of carbonyl (C=O) groups is 4. The number of hydrogen-bond acceptors (Lipinski definition) is 9. The lowest BCUT2D eigenvalue weighted by Crippen LogP contribution is -2.62. The van der Waals surface area contributed by atoms with Gasteiger partial charge in [-0.05, 0) is 5.56 Å². The van der Waals surface area contributed by atoms with E-state index in [1.807, 2.05) is 0 Å². The molecule has 1 fully saturated rings. The summed E-state index contributed by atoms with van der Waals surface area (Å²) >= 11 is 0. The molecule has 4 rings (SSSR count). The van der Waals surface area contributed by atoms with Crippen molar-refractivity contribution in [2.75, 3.05) is 0 Å². The molecule has 0 aromatic heterocycles. The molecule has 11 heteroatoms. The Morgan fingerprint density at radius 3 is 2.28 bits per heavy atom. The quantitative estimate of drug-likeness (QED) is 0.301. The van der Waals surface area contributed by atoms with E-state index >= 15 is 0 Å². The highest BCUT2D eigenvalue weighted by Crippen LogP contribution is 2.53. The van der Waals surface area contributed by atoms with Gasteiger partial charge >= 0.3 is 11.9 Å². The summed E-state index contributed by atoms with van der Waals surface area (Å²) in [7, 11) is 0. The first-order valence-electron chi connectivity index (χ1n) is 9.49. The zero-order valence-electron chi connectivity index (χ0n) is 16.3. The molecule has 3 atom stereocenters. The zero-order chi connectivity index (χ0) is 23.7. The Balaban J connectivity index is 1.94. The van der Waals surface area contributed by atoms with Crippen molar-refractivity contribution in [3.8, 4) is 5.75 Å². The van der Waals surface area contributed by atoms with E-state index in [1.54, 1.807) is 0 Å². The Bertz CT molecular complexity index is 1190. The number of phenolic OH excluding ortho intramolecular Hbond substituents is 1. The fourth-order valence-electron chi connectivity index (χ4n) is 5.06. The summed E-state index contributed by atoms with van der Waals surface area (Å²) in [6.45, 7) is 0. The van der Waals surface area contributed by atoms with Crippen LogP contribution in [0.4, 0.5) is 0 Å². The maximum absolute atomic E-state index is 13.3. The van der Waals surface area contributed by atoms with Gasteiger partial charge in [0.05, 0.1) is 23.2 Å². The first-order chi connectivity index (χ1) is 14.8. The molecule has 0 bridgehead atoms. The average Bonchev–Trinajstić information content (AvgIpc) is 2.61. The van der Waals surface area contributed by atoms with Gasteiger partial charge in [-0.2, -0.15) is 0 Å². The highest BCUT2D eigenvalue weighted by Gasteiger charge is 2.63. The second kappa shape index (κ2) is 6.65. The molecule has 1 aromatic carbocycles. The molecule has 0 radical (unpaired) electrons. The van der Waals surface area contributed by atoms with Gasteiger partial charge in [0.2, 0.25) is 0 Å². The third-order valence-electron chi connectivity index (χ3n) is 6.24. The van der Waals surface area contributed by atoms with Crippen molar-refractivity contribution in [2.24, 2.45) is 5.92 Å². The van der Waals surface area contributed by atoms with Crippen molar-refractivity contribution < 1.29 is 54.9 Å². The van der Waals surface area contributed by atoms with E-state index in [0.29, 0.717) is 0 Å². The molecule has 1 aromatic rings. The van der Waals surface area contributed by atoms with Crippen molar-refractivity contribution in [1.29, 1.82) is 0 Å². The molecular weight excluding hydrogens is 428 g/mol. The Labute approximate surface area is 179 Å². The SMILES string of the molecule is O=C(O)Cc1ccc2c(c1O)C(O)=C1C(=O)C3C(O)=C(C(=O)O)C(=O)CC3(O)CC1(O)C2. The number of Topliss-reactive ketones (excluding diaryl/α,β-unsaturated/α-hetero) is 2. The standard InChI is InChI=1S/C21H18O11/c22-9-5-21(32)6-20(31)4-8-2-1-7(3-10(23)24)15(25)11(8)16(26)13(20)18(28)14(21)17(27)12(9)19(29)30/h1-2,14,25-27,31-32H,3-6H2,(H,23,24)(H,29,30). The number of carbonyl (C=O) groups excluding carboxylic acids is 2. The van der Waals surface area contributed by atoms with Crippen LogP contribution in [0.5, 0.6) is 5.75 Å². The molecule has 1 saturated carbocycles. The number of aromatic hydroxyl groups is 1. The number of carboxylic acid groups (broad SMARTS) is 2. The lowest BCUT2D eigenvalue weighted by atomic mass is 9.57.